The van der Waals surface area contributed by atoms with Crippen LogP contribution in [0.1, 0.15) is 28.9 Å². The summed E-state index contributed by atoms with van der Waals surface area (Å²) in [5.74, 6) is -0.652. The molecule has 1 amide bonds. The molecular formula is C13H13ClFN3O. The number of rotatable bonds is 3. The highest BCUT2D eigenvalue weighted by atomic mass is 35.5. The molecule has 6 heteroatoms. The molecule has 1 N–H and O–H groups in total. The molecule has 2 rings (SSSR count). The molecule has 1 atom stereocenters. The topological polar surface area (TPSA) is 46.9 Å². The maximum atomic E-state index is 13.0. The van der Waals surface area contributed by atoms with E-state index in [0.717, 1.165) is 0 Å². The fraction of sp³-hybridized carbons (Fsp3) is 0.231. The van der Waals surface area contributed by atoms with Crippen LogP contribution in [0, 0.1) is 5.82 Å². The number of nitrogens with one attached hydrogen (secondary N) is 1. The van der Waals surface area contributed by atoms with Crippen LogP contribution in [0.4, 0.5) is 4.39 Å². The van der Waals surface area contributed by atoms with Gasteiger partial charge in [0.2, 0.25) is 0 Å². The van der Waals surface area contributed by atoms with Gasteiger partial charge >= 0.3 is 0 Å². The van der Waals surface area contributed by atoms with Crippen molar-refractivity contribution in [3.63, 3.8) is 0 Å². The van der Waals surface area contributed by atoms with Crippen LogP contribution in [-0.4, -0.2) is 15.7 Å². The van der Waals surface area contributed by atoms with Crippen molar-refractivity contribution in [1.29, 1.82) is 0 Å². The van der Waals surface area contributed by atoms with Gasteiger partial charge in [0.05, 0.1) is 17.8 Å². The largest absolute Gasteiger partial charge is 0.345 e. The maximum Gasteiger partial charge on any atom is 0.254 e. The number of hydrogen-bond acceptors (Lipinski definition) is 2. The molecule has 0 bridgehead atoms. The zero-order valence-electron chi connectivity index (χ0n) is 10.5. The van der Waals surface area contributed by atoms with Crippen molar-refractivity contribution in [3.05, 3.63) is 52.6 Å². The lowest BCUT2D eigenvalue weighted by Crippen LogP contribution is -2.26. The fourth-order valence-electron chi connectivity index (χ4n) is 1.75. The van der Waals surface area contributed by atoms with Crippen LogP contribution in [0.2, 0.25) is 5.02 Å². The molecule has 100 valence electrons. The van der Waals surface area contributed by atoms with Crippen molar-refractivity contribution >= 4 is 17.5 Å². The van der Waals surface area contributed by atoms with Gasteiger partial charge in [-0.25, -0.2) is 4.39 Å². The normalized spacial score (nSPS) is 12.2. The molecule has 4 nitrogen and oxygen atoms in total. The molecule has 19 heavy (non-hydrogen) atoms. The van der Waals surface area contributed by atoms with Crippen molar-refractivity contribution in [2.45, 2.75) is 13.0 Å². The smallest absolute Gasteiger partial charge is 0.254 e. The SMILES string of the molecule is CC(NC(=O)c1cnn(C)c1)c1ccc(F)cc1Cl. The highest BCUT2D eigenvalue weighted by molar-refractivity contribution is 6.31. The molecule has 0 radical (unpaired) electrons. The summed E-state index contributed by atoms with van der Waals surface area (Å²) in [4.78, 5) is 11.9. The van der Waals surface area contributed by atoms with E-state index < -0.39 is 5.82 Å². The van der Waals surface area contributed by atoms with Gasteiger partial charge in [-0.05, 0) is 24.6 Å². The average molecular weight is 282 g/mol. The Morgan fingerprint density at radius 2 is 2.26 bits per heavy atom. The fourth-order valence-corrected chi connectivity index (χ4v) is 2.08. The molecule has 1 heterocycles. The summed E-state index contributed by atoms with van der Waals surface area (Å²) in [6.07, 6.45) is 3.10. The zero-order chi connectivity index (χ0) is 14.0. The molecule has 0 saturated heterocycles. The lowest BCUT2D eigenvalue weighted by atomic mass is 10.1. The summed E-state index contributed by atoms with van der Waals surface area (Å²) in [6.45, 7) is 1.79. The van der Waals surface area contributed by atoms with Crippen LogP contribution in [0.25, 0.3) is 0 Å². The Labute approximate surface area is 115 Å². The van der Waals surface area contributed by atoms with Gasteiger partial charge in [-0.3, -0.25) is 9.48 Å². The predicted octanol–water partition coefficient (Wildman–Crippen LogP) is 2.70. The van der Waals surface area contributed by atoms with Crippen LogP contribution < -0.4 is 5.32 Å². The number of hydrogen-bond donors (Lipinski definition) is 1. The van der Waals surface area contributed by atoms with Crippen LogP contribution >= 0.6 is 11.6 Å². The molecule has 0 saturated carbocycles. The Kier molecular flexibility index (Phi) is 3.85. The Morgan fingerprint density at radius 3 is 2.84 bits per heavy atom. The molecule has 2 aromatic rings. The van der Waals surface area contributed by atoms with E-state index in [4.69, 9.17) is 11.6 Å². The highest BCUT2D eigenvalue weighted by Crippen LogP contribution is 2.23. The van der Waals surface area contributed by atoms with Gasteiger partial charge in [-0.1, -0.05) is 17.7 Å². The molecule has 0 aliphatic rings. The van der Waals surface area contributed by atoms with Crippen LogP contribution in [0.5, 0.6) is 0 Å². The second kappa shape index (κ2) is 5.40. The number of aromatic nitrogens is 2. The summed E-state index contributed by atoms with van der Waals surface area (Å²) >= 11 is 5.95. The molecule has 1 aromatic carbocycles. The van der Waals surface area contributed by atoms with E-state index in [1.807, 2.05) is 0 Å². The third-order valence-corrected chi connectivity index (χ3v) is 3.07. The van der Waals surface area contributed by atoms with E-state index in [2.05, 4.69) is 10.4 Å². The molecule has 0 aliphatic carbocycles. The summed E-state index contributed by atoms with van der Waals surface area (Å²) in [6, 6.07) is 3.78. The van der Waals surface area contributed by atoms with Crippen molar-refractivity contribution in [1.82, 2.24) is 15.1 Å². The monoisotopic (exact) mass is 281 g/mol. The summed E-state index contributed by atoms with van der Waals surface area (Å²) < 4.78 is 14.5. The van der Waals surface area contributed by atoms with E-state index in [9.17, 15) is 9.18 Å². The van der Waals surface area contributed by atoms with Gasteiger partial charge in [0.1, 0.15) is 5.82 Å². The van der Waals surface area contributed by atoms with Crippen molar-refractivity contribution in [2.24, 2.45) is 7.05 Å². The summed E-state index contributed by atoms with van der Waals surface area (Å²) in [5, 5.41) is 7.00. The minimum atomic E-state index is -0.403. The Morgan fingerprint density at radius 1 is 1.53 bits per heavy atom. The van der Waals surface area contributed by atoms with Gasteiger partial charge in [0.25, 0.3) is 5.91 Å². The number of nitrogens with zero attached hydrogens (tertiary/aromatic N) is 2. The minimum absolute atomic E-state index is 0.249. The predicted molar refractivity (Wildman–Crippen MR) is 70.5 cm³/mol. The number of aryl methyl sites for hydroxylation is 1. The van der Waals surface area contributed by atoms with Gasteiger partial charge in [0, 0.05) is 18.3 Å². The first-order valence-electron chi connectivity index (χ1n) is 5.72. The molecule has 0 fully saturated rings. The van der Waals surface area contributed by atoms with Crippen molar-refractivity contribution < 1.29 is 9.18 Å². The van der Waals surface area contributed by atoms with Gasteiger partial charge in [0.15, 0.2) is 0 Å². The second-order valence-corrected chi connectivity index (χ2v) is 4.67. The first-order chi connectivity index (χ1) is 8.97. The van der Waals surface area contributed by atoms with Crippen LogP contribution in [-0.2, 0) is 7.05 Å². The quantitative estimate of drug-likeness (QED) is 0.940. The Bertz CT molecular complexity index is 612. The minimum Gasteiger partial charge on any atom is -0.345 e. The molecule has 0 spiro atoms. The average Bonchev–Trinajstić information content (AvgIpc) is 2.75. The summed E-state index contributed by atoms with van der Waals surface area (Å²) in [5.41, 5.74) is 1.13. The highest BCUT2D eigenvalue weighted by Gasteiger charge is 2.15. The zero-order valence-corrected chi connectivity index (χ0v) is 11.3. The third kappa shape index (κ3) is 3.12. The number of carbonyl (C=O) groups is 1. The van der Waals surface area contributed by atoms with E-state index in [-0.39, 0.29) is 11.9 Å². The van der Waals surface area contributed by atoms with E-state index in [0.29, 0.717) is 16.1 Å². The molecular weight excluding hydrogens is 269 g/mol. The van der Waals surface area contributed by atoms with Gasteiger partial charge in [-0.2, -0.15) is 5.10 Å². The van der Waals surface area contributed by atoms with Crippen LogP contribution in [0.15, 0.2) is 30.6 Å². The maximum absolute atomic E-state index is 13.0. The van der Waals surface area contributed by atoms with E-state index in [1.165, 1.54) is 18.3 Å². The van der Waals surface area contributed by atoms with Crippen molar-refractivity contribution in [3.8, 4) is 0 Å². The Hall–Kier alpha value is -1.88. The van der Waals surface area contributed by atoms with E-state index in [1.54, 1.807) is 30.9 Å². The Balaban J connectivity index is 2.12. The third-order valence-electron chi connectivity index (χ3n) is 2.74. The first kappa shape index (κ1) is 13.5. The molecule has 1 unspecified atom stereocenters. The standard InChI is InChI=1S/C13H13ClFN3O/c1-8(11-4-3-10(15)5-12(11)14)17-13(19)9-6-16-18(2)7-9/h3-8H,1-2H3,(H,17,19). The van der Waals surface area contributed by atoms with Crippen LogP contribution in [0.3, 0.4) is 0 Å². The number of amides is 1. The number of carbonyl (C=O) groups excluding carboxylic acids is 1. The molecule has 1 aromatic heterocycles. The first-order valence-corrected chi connectivity index (χ1v) is 6.09. The lowest BCUT2D eigenvalue weighted by Gasteiger charge is -2.15. The van der Waals surface area contributed by atoms with E-state index >= 15 is 0 Å². The van der Waals surface area contributed by atoms with Crippen molar-refractivity contribution in [2.75, 3.05) is 0 Å². The molecule has 0 aliphatic heterocycles. The number of halogens is 2. The second-order valence-electron chi connectivity index (χ2n) is 4.26. The van der Waals surface area contributed by atoms with Gasteiger partial charge in [-0.15, -0.1) is 0 Å². The lowest BCUT2D eigenvalue weighted by molar-refractivity contribution is 0.0940. The van der Waals surface area contributed by atoms with Gasteiger partial charge < -0.3 is 5.32 Å². The number of benzene rings is 1. The summed E-state index contributed by atoms with van der Waals surface area (Å²) in [7, 11) is 1.73.